The van der Waals surface area contributed by atoms with Crippen molar-refractivity contribution >= 4 is 12.1 Å². The van der Waals surface area contributed by atoms with Crippen LogP contribution in [0.15, 0.2) is 0 Å². The number of rotatable bonds is 3. The Kier molecular flexibility index (Phi) is 3.24. The van der Waals surface area contributed by atoms with Crippen molar-refractivity contribution in [1.29, 1.82) is 0 Å². The van der Waals surface area contributed by atoms with Gasteiger partial charge in [0, 0.05) is 19.6 Å². The molecule has 1 unspecified atom stereocenters. The maximum absolute atomic E-state index is 11.9. The molecule has 2 N–H and O–H groups in total. The largest absolute Gasteiger partial charge is 0.466 e. The van der Waals surface area contributed by atoms with Crippen LogP contribution in [0.1, 0.15) is 19.8 Å². The monoisotopic (exact) mass is 242 g/mol. The summed E-state index contributed by atoms with van der Waals surface area (Å²) in [7, 11) is 0. The van der Waals surface area contributed by atoms with Gasteiger partial charge in [-0.2, -0.15) is 0 Å². The second kappa shape index (κ2) is 4.52. The molecule has 1 atom stereocenters. The molecule has 0 aromatic heterocycles. The topological polar surface area (TPSA) is 78.9 Å². The molecule has 6 nitrogen and oxygen atoms in total. The van der Waals surface area contributed by atoms with Crippen molar-refractivity contribution in [2.75, 3.05) is 26.2 Å². The Hall–Kier alpha value is -1.30. The van der Waals surface area contributed by atoms with E-state index in [1.165, 1.54) is 4.90 Å². The standard InChI is InChI=1S/C11H18N2O4/c1-2-17-9(14)11(3-4-11)8-7-12-5-6-13(8)10(15)16/h8,12H,2-7H2,1H3,(H,15,16). The number of carbonyl (C=O) groups excluding carboxylic acids is 1. The van der Waals surface area contributed by atoms with Gasteiger partial charge >= 0.3 is 12.1 Å². The molecule has 0 bridgehead atoms. The van der Waals surface area contributed by atoms with E-state index in [1.54, 1.807) is 6.92 Å². The molecular formula is C11H18N2O4. The summed E-state index contributed by atoms with van der Waals surface area (Å²) in [4.78, 5) is 24.5. The van der Waals surface area contributed by atoms with E-state index in [-0.39, 0.29) is 12.0 Å². The fourth-order valence-corrected chi connectivity index (χ4v) is 2.51. The first kappa shape index (κ1) is 12.2. The summed E-state index contributed by atoms with van der Waals surface area (Å²) in [5.41, 5.74) is -0.595. The average Bonchev–Trinajstić information content (AvgIpc) is 3.10. The molecule has 0 spiro atoms. The van der Waals surface area contributed by atoms with Crippen LogP contribution in [0.3, 0.4) is 0 Å². The smallest absolute Gasteiger partial charge is 0.407 e. The highest BCUT2D eigenvalue weighted by Crippen LogP contribution is 2.51. The molecule has 0 aromatic rings. The van der Waals surface area contributed by atoms with Crippen molar-refractivity contribution in [2.45, 2.75) is 25.8 Å². The lowest BCUT2D eigenvalue weighted by atomic mass is 9.93. The van der Waals surface area contributed by atoms with E-state index < -0.39 is 11.5 Å². The molecule has 2 fully saturated rings. The van der Waals surface area contributed by atoms with Gasteiger partial charge in [-0.15, -0.1) is 0 Å². The molecule has 1 aliphatic carbocycles. The normalized spacial score (nSPS) is 26.4. The van der Waals surface area contributed by atoms with E-state index in [2.05, 4.69) is 5.32 Å². The van der Waals surface area contributed by atoms with E-state index >= 15 is 0 Å². The SMILES string of the molecule is CCOC(=O)C1(C2CNCCN2C(=O)O)CC1. The van der Waals surface area contributed by atoms with Crippen molar-refractivity contribution in [3.05, 3.63) is 0 Å². The van der Waals surface area contributed by atoms with Crippen molar-refractivity contribution < 1.29 is 19.4 Å². The molecule has 6 heteroatoms. The maximum atomic E-state index is 11.9. The minimum Gasteiger partial charge on any atom is -0.466 e. The van der Waals surface area contributed by atoms with Crippen LogP contribution in [0.4, 0.5) is 4.79 Å². The Labute approximate surface area is 99.9 Å². The third-order valence-electron chi connectivity index (χ3n) is 3.60. The summed E-state index contributed by atoms with van der Waals surface area (Å²) in [5.74, 6) is -0.250. The van der Waals surface area contributed by atoms with Gasteiger partial charge in [0.2, 0.25) is 0 Å². The van der Waals surface area contributed by atoms with Gasteiger partial charge in [0.25, 0.3) is 0 Å². The number of carbonyl (C=O) groups is 2. The number of piperazine rings is 1. The van der Waals surface area contributed by atoms with Gasteiger partial charge < -0.3 is 20.1 Å². The Morgan fingerprint density at radius 1 is 1.53 bits per heavy atom. The quantitative estimate of drug-likeness (QED) is 0.695. The summed E-state index contributed by atoms with van der Waals surface area (Å²) >= 11 is 0. The number of esters is 1. The minimum atomic E-state index is -0.952. The molecule has 0 aromatic carbocycles. The van der Waals surface area contributed by atoms with Gasteiger partial charge in [0.15, 0.2) is 0 Å². The number of carboxylic acid groups (broad SMARTS) is 1. The summed E-state index contributed by atoms with van der Waals surface area (Å²) in [6, 6.07) is -0.284. The highest BCUT2D eigenvalue weighted by molar-refractivity contribution is 5.82. The Morgan fingerprint density at radius 2 is 2.24 bits per heavy atom. The highest BCUT2D eigenvalue weighted by Gasteiger charge is 2.59. The number of nitrogens with one attached hydrogen (secondary N) is 1. The van der Waals surface area contributed by atoms with Crippen LogP contribution in [-0.2, 0) is 9.53 Å². The van der Waals surface area contributed by atoms with Gasteiger partial charge in [-0.3, -0.25) is 4.79 Å². The van der Waals surface area contributed by atoms with E-state index in [4.69, 9.17) is 9.84 Å². The summed E-state index contributed by atoms with van der Waals surface area (Å²) in [6.45, 7) is 3.71. The Balaban J connectivity index is 2.13. The molecule has 1 saturated carbocycles. The lowest BCUT2D eigenvalue weighted by molar-refractivity contribution is -0.152. The maximum Gasteiger partial charge on any atom is 0.407 e. The lowest BCUT2D eigenvalue weighted by Crippen LogP contribution is -2.58. The first-order valence-corrected chi connectivity index (χ1v) is 5.99. The molecule has 1 aliphatic heterocycles. The lowest BCUT2D eigenvalue weighted by Gasteiger charge is -2.38. The van der Waals surface area contributed by atoms with Crippen molar-refractivity contribution in [3.63, 3.8) is 0 Å². The average molecular weight is 242 g/mol. The van der Waals surface area contributed by atoms with E-state index in [0.717, 1.165) is 12.8 Å². The first-order valence-electron chi connectivity index (χ1n) is 5.99. The Bertz CT molecular complexity index is 327. The zero-order valence-corrected chi connectivity index (χ0v) is 9.94. The fraction of sp³-hybridized carbons (Fsp3) is 0.818. The van der Waals surface area contributed by atoms with Crippen molar-refractivity contribution in [3.8, 4) is 0 Å². The van der Waals surface area contributed by atoms with Gasteiger partial charge in [-0.1, -0.05) is 0 Å². The predicted molar refractivity (Wildman–Crippen MR) is 59.7 cm³/mol. The zero-order chi connectivity index (χ0) is 12.5. The number of amides is 1. The molecule has 1 saturated heterocycles. The molecule has 96 valence electrons. The van der Waals surface area contributed by atoms with E-state index in [1.807, 2.05) is 0 Å². The summed E-state index contributed by atoms with van der Waals surface area (Å²) in [5, 5.41) is 12.3. The molecule has 1 amide bonds. The second-order valence-corrected chi connectivity index (χ2v) is 4.57. The molecule has 2 rings (SSSR count). The van der Waals surface area contributed by atoms with E-state index in [9.17, 15) is 9.59 Å². The summed E-state index contributed by atoms with van der Waals surface area (Å²) in [6.07, 6.45) is 0.497. The van der Waals surface area contributed by atoms with Gasteiger partial charge in [-0.25, -0.2) is 4.79 Å². The van der Waals surface area contributed by atoms with Crippen molar-refractivity contribution in [2.24, 2.45) is 5.41 Å². The summed E-state index contributed by atoms with van der Waals surface area (Å²) < 4.78 is 5.06. The number of ether oxygens (including phenoxy) is 1. The molecule has 1 heterocycles. The van der Waals surface area contributed by atoms with Crippen LogP contribution in [0.25, 0.3) is 0 Å². The number of hydrogen-bond donors (Lipinski definition) is 2. The molecule has 0 radical (unpaired) electrons. The zero-order valence-electron chi connectivity index (χ0n) is 9.94. The van der Waals surface area contributed by atoms with Crippen LogP contribution in [0.2, 0.25) is 0 Å². The van der Waals surface area contributed by atoms with Crippen LogP contribution < -0.4 is 5.32 Å². The molecule has 2 aliphatic rings. The van der Waals surface area contributed by atoms with Gasteiger partial charge in [0.1, 0.15) is 0 Å². The third kappa shape index (κ3) is 2.09. The molecular weight excluding hydrogens is 224 g/mol. The predicted octanol–water partition coefficient (Wildman–Crippen LogP) is 0.282. The van der Waals surface area contributed by atoms with Crippen LogP contribution >= 0.6 is 0 Å². The van der Waals surface area contributed by atoms with Gasteiger partial charge in [-0.05, 0) is 19.8 Å². The number of nitrogens with zero attached hydrogens (tertiary/aromatic N) is 1. The van der Waals surface area contributed by atoms with E-state index in [0.29, 0.717) is 26.2 Å². The first-order chi connectivity index (χ1) is 8.12. The van der Waals surface area contributed by atoms with Gasteiger partial charge in [0.05, 0.1) is 18.1 Å². The van der Waals surface area contributed by atoms with Crippen LogP contribution in [0.5, 0.6) is 0 Å². The number of hydrogen-bond acceptors (Lipinski definition) is 4. The van der Waals surface area contributed by atoms with Crippen LogP contribution in [0, 0.1) is 5.41 Å². The second-order valence-electron chi connectivity index (χ2n) is 4.57. The van der Waals surface area contributed by atoms with Crippen LogP contribution in [-0.4, -0.2) is 54.4 Å². The molecule has 17 heavy (non-hydrogen) atoms. The fourth-order valence-electron chi connectivity index (χ4n) is 2.51. The Morgan fingerprint density at radius 3 is 2.76 bits per heavy atom. The highest BCUT2D eigenvalue weighted by atomic mass is 16.5. The third-order valence-corrected chi connectivity index (χ3v) is 3.60. The minimum absolute atomic E-state index is 0.250. The van der Waals surface area contributed by atoms with Crippen molar-refractivity contribution in [1.82, 2.24) is 10.2 Å².